The number of nitro groups is 1. The van der Waals surface area contributed by atoms with Gasteiger partial charge in [-0.05, 0) is 42.5 Å². The maximum Gasteiger partial charge on any atom is 0.293 e. The number of amides is 1. The van der Waals surface area contributed by atoms with E-state index in [2.05, 4.69) is 10.3 Å². The summed E-state index contributed by atoms with van der Waals surface area (Å²) in [6.45, 7) is 2.12. The molecular formula is C25H22N4O6. The molecule has 0 atom stereocenters. The SMILES string of the molecule is COc1ccc2oc(-c3cccc(NC(=O)c4ccc(N5CCOCC5)c([N+](=O)[O-])c4)c3)nc2c1. The van der Waals surface area contributed by atoms with Crippen LogP contribution in [0.15, 0.2) is 65.1 Å². The minimum Gasteiger partial charge on any atom is -0.497 e. The topological polar surface area (TPSA) is 120 Å². The van der Waals surface area contributed by atoms with E-state index in [9.17, 15) is 14.9 Å². The van der Waals surface area contributed by atoms with E-state index >= 15 is 0 Å². The van der Waals surface area contributed by atoms with Gasteiger partial charge in [-0.2, -0.15) is 0 Å². The Hall–Kier alpha value is -4.44. The smallest absolute Gasteiger partial charge is 0.293 e. The zero-order valence-corrected chi connectivity index (χ0v) is 18.9. The molecule has 1 aliphatic heterocycles. The van der Waals surface area contributed by atoms with E-state index < -0.39 is 10.8 Å². The molecule has 5 rings (SSSR count). The van der Waals surface area contributed by atoms with Crippen LogP contribution in [0.3, 0.4) is 0 Å². The Morgan fingerprint density at radius 1 is 1.11 bits per heavy atom. The predicted octanol–water partition coefficient (Wildman–Crippen LogP) is 4.50. The lowest BCUT2D eigenvalue weighted by Gasteiger charge is -2.28. The average molecular weight is 474 g/mol. The Labute approximate surface area is 200 Å². The fourth-order valence-corrected chi connectivity index (χ4v) is 3.97. The number of anilines is 2. The number of fused-ring (bicyclic) bond motifs is 1. The maximum absolute atomic E-state index is 12.9. The van der Waals surface area contributed by atoms with Crippen molar-refractivity contribution in [1.82, 2.24) is 4.98 Å². The van der Waals surface area contributed by atoms with Crippen LogP contribution >= 0.6 is 0 Å². The first-order valence-electron chi connectivity index (χ1n) is 11.0. The van der Waals surface area contributed by atoms with Crippen LogP contribution < -0.4 is 15.0 Å². The predicted molar refractivity (Wildman–Crippen MR) is 130 cm³/mol. The van der Waals surface area contributed by atoms with Crippen LogP contribution in [0.1, 0.15) is 10.4 Å². The number of oxazole rings is 1. The summed E-state index contributed by atoms with van der Waals surface area (Å²) in [5, 5.41) is 14.5. The Morgan fingerprint density at radius 3 is 2.71 bits per heavy atom. The Morgan fingerprint density at radius 2 is 1.94 bits per heavy atom. The molecule has 1 saturated heterocycles. The van der Waals surface area contributed by atoms with Gasteiger partial charge >= 0.3 is 0 Å². The van der Waals surface area contributed by atoms with Crippen LogP contribution in [-0.4, -0.2) is 49.2 Å². The molecule has 1 amide bonds. The maximum atomic E-state index is 12.9. The van der Waals surface area contributed by atoms with E-state index in [1.165, 1.54) is 6.07 Å². The van der Waals surface area contributed by atoms with Gasteiger partial charge in [-0.15, -0.1) is 0 Å². The van der Waals surface area contributed by atoms with Gasteiger partial charge in [0, 0.05) is 42.0 Å². The minimum absolute atomic E-state index is 0.116. The van der Waals surface area contributed by atoms with Crippen molar-refractivity contribution in [3.63, 3.8) is 0 Å². The third-order valence-corrected chi connectivity index (χ3v) is 5.75. The fraction of sp³-hybridized carbons (Fsp3) is 0.200. The van der Waals surface area contributed by atoms with Gasteiger partial charge in [-0.1, -0.05) is 6.07 Å². The van der Waals surface area contributed by atoms with E-state index in [1.54, 1.807) is 55.6 Å². The average Bonchev–Trinajstić information content (AvgIpc) is 3.32. The number of rotatable bonds is 6. The number of aromatic nitrogens is 1. The van der Waals surface area contributed by atoms with Crippen molar-refractivity contribution in [2.24, 2.45) is 0 Å². The van der Waals surface area contributed by atoms with E-state index in [-0.39, 0.29) is 11.3 Å². The van der Waals surface area contributed by atoms with Gasteiger partial charge in [0.2, 0.25) is 5.89 Å². The summed E-state index contributed by atoms with van der Waals surface area (Å²) in [4.78, 5) is 30.6. The Balaban J connectivity index is 1.38. The Kier molecular flexibility index (Phi) is 6.02. The van der Waals surface area contributed by atoms with Crippen LogP contribution in [0.5, 0.6) is 5.75 Å². The zero-order valence-electron chi connectivity index (χ0n) is 18.9. The molecule has 0 radical (unpaired) electrons. The number of morpholine rings is 1. The van der Waals surface area contributed by atoms with Gasteiger partial charge in [0.15, 0.2) is 5.58 Å². The number of benzene rings is 3. The highest BCUT2D eigenvalue weighted by Crippen LogP contribution is 2.31. The highest BCUT2D eigenvalue weighted by Gasteiger charge is 2.23. The zero-order chi connectivity index (χ0) is 24.4. The number of carbonyl (C=O) groups excluding carboxylic acids is 1. The normalized spacial score (nSPS) is 13.6. The van der Waals surface area contributed by atoms with Crippen LogP contribution in [0.25, 0.3) is 22.6 Å². The second-order valence-electron chi connectivity index (χ2n) is 7.95. The lowest BCUT2D eigenvalue weighted by Crippen LogP contribution is -2.36. The van der Waals surface area contributed by atoms with Crippen molar-refractivity contribution in [2.45, 2.75) is 0 Å². The van der Waals surface area contributed by atoms with E-state index in [4.69, 9.17) is 13.9 Å². The largest absolute Gasteiger partial charge is 0.497 e. The summed E-state index contributed by atoms with van der Waals surface area (Å²) in [6, 6.07) is 16.9. The quantitative estimate of drug-likeness (QED) is 0.320. The second-order valence-corrected chi connectivity index (χ2v) is 7.95. The number of hydrogen-bond donors (Lipinski definition) is 1. The Bertz CT molecular complexity index is 1410. The van der Waals surface area contributed by atoms with Gasteiger partial charge in [0.25, 0.3) is 11.6 Å². The number of nitrogens with zero attached hydrogens (tertiary/aromatic N) is 3. The minimum atomic E-state index is -0.468. The number of ether oxygens (including phenoxy) is 2. The van der Waals surface area contributed by atoms with E-state index in [0.717, 1.165) is 0 Å². The van der Waals surface area contributed by atoms with Crippen molar-refractivity contribution in [3.8, 4) is 17.2 Å². The molecule has 1 aliphatic rings. The molecular weight excluding hydrogens is 452 g/mol. The van der Waals surface area contributed by atoms with Crippen LogP contribution in [0.4, 0.5) is 17.1 Å². The summed E-state index contributed by atoms with van der Waals surface area (Å²) in [5.74, 6) is 0.614. The standard InChI is InChI=1S/C25H22N4O6/c1-33-19-6-8-23-20(15-19)27-25(35-23)17-3-2-4-18(13-17)26-24(30)16-5-7-21(22(14-16)29(31)32)28-9-11-34-12-10-28/h2-8,13-15H,9-12H2,1H3,(H,26,30). The van der Waals surface area contributed by atoms with Gasteiger partial charge in [-0.3, -0.25) is 14.9 Å². The first-order chi connectivity index (χ1) is 17.0. The molecule has 0 unspecified atom stereocenters. The monoisotopic (exact) mass is 474 g/mol. The third kappa shape index (κ3) is 4.64. The molecule has 3 aromatic carbocycles. The second kappa shape index (κ2) is 9.43. The van der Waals surface area contributed by atoms with E-state index in [0.29, 0.717) is 66.0 Å². The molecule has 35 heavy (non-hydrogen) atoms. The van der Waals surface area contributed by atoms with Crippen LogP contribution in [-0.2, 0) is 4.74 Å². The lowest BCUT2D eigenvalue weighted by molar-refractivity contribution is -0.384. The van der Waals surface area contributed by atoms with Crippen molar-refractivity contribution < 1.29 is 23.6 Å². The van der Waals surface area contributed by atoms with Crippen molar-refractivity contribution in [2.75, 3.05) is 43.6 Å². The highest BCUT2D eigenvalue weighted by molar-refractivity contribution is 6.05. The molecule has 1 N–H and O–H groups in total. The van der Waals surface area contributed by atoms with Crippen LogP contribution in [0, 0.1) is 10.1 Å². The molecule has 10 heteroatoms. The van der Waals surface area contributed by atoms with Crippen molar-refractivity contribution >= 4 is 34.1 Å². The van der Waals surface area contributed by atoms with Gasteiger partial charge in [0.1, 0.15) is 17.0 Å². The van der Waals surface area contributed by atoms with Crippen LogP contribution in [0.2, 0.25) is 0 Å². The number of carbonyl (C=O) groups is 1. The van der Waals surface area contributed by atoms with Crippen molar-refractivity contribution in [3.05, 3.63) is 76.3 Å². The molecule has 0 spiro atoms. The fourth-order valence-electron chi connectivity index (χ4n) is 3.97. The third-order valence-electron chi connectivity index (χ3n) is 5.75. The summed E-state index contributed by atoms with van der Waals surface area (Å²) in [7, 11) is 1.58. The summed E-state index contributed by atoms with van der Waals surface area (Å²) >= 11 is 0. The molecule has 4 aromatic rings. The van der Waals surface area contributed by atoms with Gasteiger partial charge in [0.05, 0.1) is 25.2 Å². The summed E-state index contributed by atoms with van der Waals surface area (Å²) < 4.78 is 16.4. The molecule has 0 bridgehead atoms. The first kappa shape index (κ1) is 22.4. The first-order valence-corrected chi connectivity index (χ1v) is 11.0. The molecule has 0 saturated carbocycles. The molecule has 178 valence electrons. The number of nitrogens with one attached hydrogen (secondary N) is 1. The molecule has 1 fully saturated rings. The molecule has 1 aromatic heterocycles. The van der Waals surface area contributed by atoms with Gasteiger partial charge in [-0.25, -0.2) is 4.98 Å². The van der Waals surface area contributed by atoms with E-state index in [1.807, 2.05) is 11.0 Å². The summed E-state index contributed by atoms with van der Waals surface area (Å²) in [6.07, 6.45) is 0. The summed E-state index contributed by atoms with van der Waals surface area (Å²) in [5.41, 5.74) is 3.00. The van der Waals surface area contributed by atoms with Gasteiger partial charge < -0.3 is 24.1 Å². The molecule has 0 aliphatic carbocycles. The highest BCUT2D eigenvalue weighted by atomic mass is 16.6. The lowest BCUT2D eigenvalue weighted by atomic mass is 10.1. The molecule has 10 nitrogen and oxygen atoms in total. The number of nitro benzene ring substituents is 1. The number of hydrogen-bond acceptors (Lipinski definition) is 8. The molecule has 2 heterocycles. The van der Waals surface area contributed by atoms with Crippen molar-refractivity contribution in [1.29, 1.82) is 0 Å². The number of methoxy groups -OCH3 is 1.